The molecule has 0 atom stereocenters. The van der Waals surface area contributed by atoms with Crippen molar-refractivity contribution in [2.45, 2.75) is 40.2 Å². The number of imidazole rings is 1. The molecule has 0 fully saturated rings. The predicted octanol–water partition coefficient (Wildman–Crippen LogP) is 3.97. The molecular formula is C20H22ClFN4O3. The third-order valence-electron chi connectivity index (χ3n) is 4.26. The molecule has 0 saturated heterocycles. The number of esters is 1. The fourth-order valence-corrected chi connectivity index (χ4v) is 3.38. The van der Waals surface area contributed by atoms with Crippen molar-refractivity contribution in [1.82, 2.24) is 14.4 Å². The van der Waals surface area contributed by atoms with Crippen LogP contribution in [0.5, 0.6) is 5.75 Å². The van der Waals surface area contributed by atoms with Gasteiger partial charge >= 0.3 is 5.97 Å². The first-order valence-corrected chi connectivity index (χ1v) is 9.55. The van der Waals surface area contributed by atoms with Crippen LogP contribution in [-0.2, 0) is 11.2 Å². The second-order valence-electron chi connectivity index (χ2n) is 6.74. The number of benzene rings is 1. The average Bonchev–Trinajstić information content (AvgIpc) is 2.96. The van der Waals surface area contributed by atoms with E-state index in [-0.39, 0.29) is 35.5 Å². The molecule has 0 aliphatic carbocycles. The van der Waals surface area contributed by atoms with E-state index in [1.165, 1.54) is 6.07 Å². The highest BCUT2D eigenvalue weighted by Gasteiger charge is 2.27. The Morgan fingerprint density at radius 1 is 1.41 bits per heavy atom. The van der Waals surface area contributed by atoms with Gasteiger partial charge in [0.1, 0.15) is 28.5 Å². The normalized spacial score (nSPS) is 11.3. The summed E-state index contributed by atoms with van der Waals surface area (Å²) in [5.41, 5.74) is 7.56. The first-order valence-electron chi connectivity index (χ1n) is 9.17. The van der Waals surface area contributed by atoms with Crippen LogP contribution in [0.3, 0.4) is 0 Å². The van der Waals surface area contributed by atoms with Gasteiger partial charge in [-0.2, -0.15) is 0 Å². The van der Waals surface area contributed by atoms with E-state index < -0.39 is 11.8 Å². The number of anilines is 1. The van der Waals surface area contributed by atoms with E-state index in [0.717, 1.165) is 0 Å². The number of carbonyl (C=O) groups excluding carboxylic acids is 1. The second-order valence-corrected chi connectivity index (χ2v) is 7.15. The fourth-order valence-electron chi connectivity index (χ4n) is 3.16. The number of aryl methyl sites for hydroxylation is 1. The Hall–Kier alpha value is -2.87. The predicted molar refractivity (Wildman–Crippen MR) is 108 cm³/mol. The molecule has 3 rings (SSSR count). The zero-order valence-electron chi connectivity index (χ0n) is 16.6. The van der Waals surface area contributed by atoms with Crippen molar-refractivity contribution in [2.75, 3.05) is 12.3 Å². The summed E-state index contributed by atoms with van der Waals surface area (Å²) in [7, 11) is 0. The topological polar surface area (TPSA) is 91.7 Å². The molecule has 1 aromatic carbocycles. The molecule has 29 heavy (non-hydrogen) atoms. The van der Waals surface area contributed by atoms with E-state index in [9.17, 15) is 9.18 Å². The van der Waals surface area contributed by atoms with E-state index in [0.29, 0.717) is 28.4 Å². The molecule has 2 N–H and O–H groups in total. The summed E-state index contributed by atoms with van der Waals surface area (Å²) in [4.78, 5) is 21.1. The SMILES string of the molecule is CCOC(=O)c1c(F)c(Cl)cc(Cc2nc(C)c3c(N)nccn23)c1OC(C)C. The van der Waals surface area contributed by atoms with Gasteiger partial charge < -0.3 is 15.2 Å². The van der Waals surface area contributed by atoms with Crippen molar-refractivity contribution in [3.05, 3.63) is 51.9 Å². The summed E-state index contributed by atoms with van der Waals surface area (Å²) in [5.74, 6) is -0.634. The molecule has 0 spiro atoms. The quantitative estimate of drug-likeness (QED) is 0.607. The van der Waals surface area contributed by atoms with Crippen LogP contribution in [0.4, 0.5) is 10.2 Å². The summed E-state index contributed by atoms with van der Waals surface area (Å²) in [6.45, 7) is 7.13. The number of halogens is 2. The molecule has 0 amide bonds. The second kappa shape index (κ2) is 8.24. The van der Waals surface area contributed by atoms with E-state index in [1.54, 1.807) is 37.6 Å². The minimum absolute atomic E-state index is 0.0942. The van der Waals surface area contributed by atoms with Gasteiger partial charge in [-0.25, -0.2) is 19.2 Å². The Bertz CT molecular complexity index is 1080. The van der Waals surface area contributed by atoms with Crippen molar-refractivity contribution in [1.29, 1.82) is 0 Å². The average molecular weight is 421 g/mol. The molecule has 154 valence electrons. The number of nitrogens with zero attached hydrogens (tertiary/aromatic N) is 3. The fraction of sp³-hybridized carbons (Fsp3) is 0.350. The highest BCUT2D eigenvalue weighted by atomic mass is 35.5. The summed E-state index contributed by atoms with van der Waals surface area (Å²) in [5, 5.41) is -0.196. The van der Waals surface area contributed by atoms with Gasteiger partial charge in [0.05, 0.1) is 23.4 Å². The molecule has 0 bridgehead atoms. The number of nitrogen functional groups attached to an aromatic ring is 1. The Balaban J connectivity index is 2.19. The van der Waals surface area contributed by atoms with Gasteiger partial charge in [-0.1, -0.05) is 11.6 Å². The number of nitrogens with two attached hydrogens (primary N) is 1. The molecule has 0 radical (unpaired) electrons. The maximum Gasteiger partial charge on any atom is 0.345 e. The molecule has 7 nitrogen and oxygen atoms in total. The van der Waals surface area contributed by atoms with Crippen LogP contribution in [0.15, 0.2) is 18.5 Å². The van der Waals surface area contributed by atoms with Crippen molar-refractivity contribution < 1.29 is 18.7 Å². The van der Waals surface area contributed by atoms with E-state index in [2.05, 4.69) is 9.97 Å². The number of aromatic nitrogens is 3. The zero-order chi connectivity index (χ0) is 21.3. The minimum Gasteiger partial charge on any atom is -0.490 e. The van der Waals surface area contributed by atoms with Crippen LogP contribution in [0.2, 0.25) is 5.02 Å². The summed E-state index contributed by atoms with van der Waals surface area (Å²) in [6.07, 6.45) is 3.23. The van der Waals surface area contributed by atoms with Crippen molar-refractivity contribution in [2.24, 2.45) is 0 Å². The smallest absolute Gasteiger partial charge is 0.345 e. The molecule has 2 aromatic heterocycles. The van der Waals surface area contributed by atoms with Crippen LogP contribution < -0.4 is 10.5 Å². The lowest BCUT2D eigenvalue weighted by Crippen LogP contribution is -2.16. The van der Waals surface area contributed by atoms with Crippen LogP contribution in [0, 0.1) is 12.7 Å². The minimum atomic E-state index is -0.873. The third-order valence-corrected chi connectivity index (χ3v) is 4.54. The highest BCUT2D eigenvalue weighted by molar-refractivity contribution is 6.31. The summed E-state index contributed by atoms with van der Waals surface area (Å²) in [6, 6.07) is 1.44. The van der Waals surface area contributed by atoms with Gasteiger partial charge in [0.25, 0.3) is 0 Å². The number of rotatable bonds is 6. The van der Waals surface area contributed by atoms with Crippen LogP contribution in [-0.4, -0.2) is 33.0 Å². The largest absolute Gasteiger partial charge is 0.490 e. The van der Waals surface area contributed by atoms with Gasteiger partial charge in [0, 0.05) is 24.4 Å². The number of fused-ring (bicyclic) bond motifs is 1. The maximum absolute atomic E-state index is 14.8. The first-order chi connectivity index (χ1) is 13.7. The Morgan fingerprint density at radius 3 is 2.79 bits per heavy atom. The number of ether oxygens (including phenoxy) is 2. The van der Waals surface area contributed by atoms with Gasteiger partial charge in [0.2, 0.25) is 0 Å². The Labute approximate surface area is 172 Å². The molecule has 2 heterocycles. The lowest BCUT2D eigenvalue weighted by atomic mass is 10.0. The maximum atomic E-state index is 14.8. The Morgan fingerprint density at radius 2 is 2.14 bits per heavy atom. The van der Waals surface area contributed by atoms with Crippen LogP contribution in [0.1, 0.15) is 48.2 Å². The van der Waals surface area contributed by atoms with Crippen molar-refractivity contribution in [3.8, 4) is 5.75 Å². The molecule has 0 aliphatic heterocycles. The number of hydrogen-bond acceptors (Lipinski definition) is 6. The van der Waals surface area contributed by atoms with Crippen LogP contribution >= 0.6 is 11.6 Å². The van der Waals surface area contributed by atoms with Gasteiger partial charge in [-0.05, 0) is 33.8 Å². The molecule has 9 heteroatoms. The molecular weight excluding hydrogens is 399 g/mol. The lowest BCUT2D eigenvalue weighted by molar-refractivity contribution is 0.0514. The number of hydrogen-bond donors (Lipinski definition) is 1. The summed E-state index contributed by atoms with van der Waals surface area (Å²) < 4.78 is 27.4. The van der Waals surface area contributed by atoms with E-state index in [4.69, 9.17) is 26.8 Å². The monoisotopic (exact) mass is 420 g/mol. The zero-order valence-corrected chi connectivity index (χ0v) is 17.4. The molecule has 0 unspecified atom stereocenters. The lowest BCUT2D eigenvalue weighted by Gasteiger charge is -2.19. The first kappa shape index (κ1) is 20.9. The van der Waals surface area contributed by atoms with Gasteiger partial charge in [-0.3, -0.25) is 4.40 Å². The molecule has 0 saturated carbocycles. The molecule has 3 aromatic rings. The standard InChI is InChI=1S/C20H22ClFN4O3/c1-5-28-20(27)15-16(22)13(21)8-12(18(15)29-10(2)3)9-14-25-11(4)17-19(23)24-6-7-26(14)17/h6-8,10H,5,9H2,1-4H3,(H2,23,24). The van der Waals surface area contributed by atoms with Crippen LogP contribution in [0.25, 0.3) is 5.52 Å². The molecule has 0 aliphatic rings. The number of carbonyl (C=O) groups is 1. The van der Waals surface area contributed by atoms with Gasteiger partial charge in [0.15, 0.2) is 5.82 Å². The van der Waals surface area contributed by atoms with Gasteiger partial charge in [-0.15, -0.1) is 0 Å². The summed E-state index contributed by atoms with van der Waals surface area (Å²) >= 11 is 6.09. The third kappa shape index (κ3) is 3.98. The van der Waals surface area contributed by atoms with Crippen molar-refractivity contribution in [3.63, 3.8) is 0 Å². The Kier molecular flexibility index (Phi) is 5.93. The highest BCUT2D eigenvalue weighted by Crippen LogP contribution is 2.35. The van der Waals surface area contributed by atoms with E-state index >= 15 is 0 Å². The van der Waals surface area contributed by atoms with E-state index in [1.807, 2.05) is 6.92 Å². The van der Waals surface area contributed by atoms with Crippen molar-refractivity contribution >= 4 is 28.9 Å².